The number of aromatic amines is 1. The largest absolute Gasteiger partial charge is 0.381 e. The van der Waals surface area contributed by atoms with Gasteiger partial charge in [0.15, 0.2) is 0 Å². The molecule has 0 amide bonds. The summed E-state index contributed by atoms with van der Waals surface area (Å²) < 4.78 is 55.7. The number of benzene rings is 1. The summed E-state index contributed by atoms with van der Waals surface area (Å²) in [5, 5.41) is 11.5. The minimum absolute atomic E-state index is 0.0230. The molecule has 2 aliphatic rings. The SMILES string of the molecule is CO[C@H]1[C@H](N)C[C@H](c2ccncc2Nc2ncc(/C=C\C(=N)c3c(F)cc(C4(F)CCOCC4)cc3F)[nH]2)C[C@@H]1C. The molecule has 5 N–H and O–H groups in total. The molecule has 8 nitrogen and oxygen atoms in total. The summed E-state index contributed by atoms with van der Waals surface area (Å²) in [7, 11) is 1.70. The van der Waals surface area contributed by atoms with Gasteiger partial charge in [-0.3, -0.25) is 4.98 Å². The second kappa shape index (κ2) is 12.1. The van der Waals surface area contributed by atoms with Gasteiger partial charge in [-0.25, -0.2) is 18.2 Å². The van der Waals surface area contributed by atoms with Crippen LogP contribution in [0.4, 0.5) is 24.8 Å². The highest BCUT2D eigenvalue weighted by molar-refractivity contribution is 6.09. The van der Waals surface area contributed by atoms with Crippen molar-refractivity contribution in [2.45, 2.75) is 56.3 Å². The fourth-order valence-corrected chi connectivity index (χ4v) is 6.03. The maximum Gasteiger partial charge on any atom is 0.205 e. The first-order valence-corrected chi connectivity index (χ1v) is 13.8. The molecule has 0 spiro atoms. The minimum Gasteiger partial charge on any atom is -0.381 e. The normalized spacial score (nSPS) is 24.4. The predicted octanol–water partition coefficient (Wildman–Crippen LogP) is 5.74. The number of pyridine rings is 1. The van der Waals surface area contributed by atoms with Crippen molar-refractivity contribution in [2.75, 3.05) is 25.6 Å². The number of allylic oxidation sites excluding steroid dienone is 1. The lowest BCUT2D eigenvalue weighted by molar-refractivity contribution is -0.0118. The van der Waals surface area contributed by atoms with Gasteiger partial charge in [0, 0.05) is 45.4 Å². The van der Waals surface area contributed by atoms with Crippen LogP contribution in [0.1, 0.15) is 60.9 Å². The van der Waals surface area contributed by atoms with Gasteiger partial charge in [0.05, 0.1) is 41.2 Å². The number of nitrogens with one attached hydrogen (secondary N) is 3. The van der Waals surface area contributed by atoms with Gasteiger partial charge >= 0.3 is 0 Å². The topological polar surface area (TPSA) is 122 Å². The zero-order valence-corrected chi connectivity index (χ0v) is 23.1. The average molecular weight is 569 g/mol. The van der Waals surface area contributed by atoms with E-state index in [0.29, 0.717) is 17.6 Å². The molecule has 41 heavy (non-hydrogen) atoms. The van der Waals surface area contributed by atoms with Crippen molar-refractivity contribution in [1.29, 1.82) is 5.41 Å². The van der Waals surface area contributed by atoms with E-state index in [4.69, 9.17) is 20.6 Å². The Morgan fingerprint density at radius 2 is 1.95 bits per heavy atom. The van der Waals surface area contributed by atoms with Crippen LogP contribution >= 0.6 is 0 Å². The molecule has 218 valence electrons. The highest BCUT2D eigenvalue weighted by Crippen LogP contribution is 2.40. The Morgan fingerprint density at radius 1 is 1.22 bits per heavy atom. The van der Waals surface area contributed by atoms with Crippen molar-refractivity contribution in [3.63, 3.8) is 0 Å². The molecule has 1 aromatic carbocycles. The Bertz CT molecular complexity index is 1390. The first-order chi connectivity index (χ1) is 19.7. The molecule has 0 radical (unpaired) electrons. The minimum atomic E-state index is -1.85. The standard InChI is InChI=1S/C30H35F3N6O2/c1-17-11-18(12-25(35)28(17)40-2)21-5-8-36-16-26(21)39-29-37-15-20(38-29)3-4-24(34)27-22(31)13-19(14-23(27)32)30(33)6-9-41-10-7-30/h3-5,8,13-18,25,28,34H,6-7,9-12,35H2,1-2H3,(H2,37,38,39)/b4-3-,34-24?/t17-,18+,25+,28+/m0/s1. The lowest BCUT2D eigenvalue weighted by atomic mass is 9.74. The van der Waals surface area contributed by atoms with E-state index in [9.17, 15) is 8.78 Å². The van der Waals surface area contributed by atoms with Crippen molar-refractivity contribution in [3.05, 3.63) is 76.9 Å². The van der Waals surface area contributed by atoms with E-state index in [1.54, 1.807) is 19.5 Å². The van der Waals surface area contributed by atoms with Gasteiger partial charge in [0.1, 0.15) is 17.3 Å². The number of alkyl halides is 1. The number of hydrogen-bond acceptors (Lipinski definition) is 7. The molecule has 4 atom stereocenters. The van der Waals surface area contributed by atoms with Crippen LogP contribution in [0.25, 0.3) is 6.08 Å². The second-order valence-electron chi connectivity index (χ2n) is 10.9. The van der Waals surface area contributed by atoms with E-state index >= 15 is 4.39 Å². The Balaban J connectivity index is 1.28. The number of nitrogens with zero attached hydrogens (tertiary/aromatic N) is 2. The molecular formula is C30H35F3N6O2. The van der Waals surface area contributed by atoms with E-state index in [1.165, 1.54) is 18.3 Å². The molecule has 3 heterocycles. The number of aromatic nitrogens is 3. The fraction of sp³-hybridized carbons (Fsp3) is 0.433. The number of methoxy groups -OCH3 is 1. The van der Waals surface area contributed by atoms with Gasteiger partial charge in [-0.2, -0.15) is 0 Å². The summed E-state index contributed by atoms with van der Waals surface area (Å²) in [6.07, 6.45) is 9.58. The van der Waals surface area contributed by atoms with Gasteiger partial charge in [0.2, 0.25) is 5.95 Å². The van der Waals surface area contributed by atoms with Crippen LogP contribution in [0.15, 0.2) is 42.9 Å². The van der Waals surface area contributed by atoms with E-state index in [1.807, 2.05) is 6.07 Å². The van der Waals surface area contributed by atoms with Gasteiger partial charge in [0.25, 0.3) is 0 Å². The lowest BCUT2D eigenvalue weighted by Gasteiger charge is -2.38. The Morgan fingerprint density at radius 3 is 2.63 bits per heavy atom. The third-order valence-electron chi connectivity index (χ3n) is 8.15. The molecule has 1 saturated heterocycles. The van der Waals surface area contributed by atoms with Crippen LogP contribution in [0.5, 0.6) is 0 Å². The van der Waals surface area contributed by atoms with Gasteiger partial charge in [-0.05, 0) is 66.2 Å². The number of imidazole rings is 1. The molecule has 11 heteroatoms. The molecule has 2 fully saturated rings. The molecule has 1 aliphatic carbocycles. The van der Waals surface area contributed by atoms with E-state index < -0.39 is 22.9 Å². The van der Waals surface area contributed by atoms with Crippen molar-refractivity contribution in [3.8, 4) is 0 Å². The zero-order valence-electron chi connectivity index (χ0n) is 23.1. The number of H-pyrrole nitrogens is 1. The Kier molecular flexibility index (Phi) is 8.58. The molecule has 1 saturated carbocycles. The van der Waals surface area contributed by atoms with Crippen molar-refractivity contribution >= 4 is 23.4 Å². The predicted molar refractivity (Wildman–Crippen MR) is 151 cm³/mol. The van der Waals surface area contributed by atoms with Crippen LogP contribution in [-0.4, -0.2) is 53.1 Å². The van der Waals surface area contributed by atoms with E-state index in [0.717, 1.165) is 36.2 Å². The fourth-order valence-electron chi connectivity index (χ4n) is 6.03. The quantitative estimate of drug-likeness (QED) is 0.257. The molecule has 0 bridgehead atoms. The number of rotatable bonds is 8. The number of anilines is 2. The van der Waals surface area contributed by atoms with Crippen LogP contribution < -0.4 is 11.1 Å². The Hall–Kier alpha value is -3.54. The van der Waals surface area contributed by atoms with Crippen molar-refractivity contribution in [1.82, 2.24) is 15.0 Å². The van der Waals surface area contributed by atoms with Gasteiger partial charge in [-0.15, -0.1) is 0 Å². The van der Waals surface area contributed by atoms with Crippen molar-refractivity contribution in [2.24, 2.45) is 11.7 Å². The molecule has 1 aliphatic heterocycles. The number of ether oxygens (including phenoxy) is 2. The summed E-state index contributed by atoms with van der Waals surface area (Å²) in [5.74, 6) is -0.997. The third-order valence-corrected chi connectivity index (χ3v) is 8.15. The van der Waals surface area contributed by atoms with Crippen LogP contribution in [0.2, 0.25) is 0 Å². The average Bonchev–Trinajstić information content (AvgIpc) is 3.39. The van der Waals surface area contributed by atoms with Gasteiger partial charge in [-0.1, -0.05) is 6.92 Å². The lowest BCUT2D eigenvalue weighted by Crippen LogP contribution is -2.45. The number of hydrogen-bond donors (Lipinski definition) is 4. The number of halogens is 3. The first-order valence-electron chi connectivity index (χ1n) is 13.8. The molecule has 5 rings (SSSR count). The van der Waals surface area contributed by atoms with Crippen molar-refractivity contribution < 1.29 is 22.6 Å². The van der Waals surface area contributed by atoms with E-state index in [-0.39, 0.29) is 55.4 Å². The summed E-state index contributed by atoms with van der Waals surface area (Å²) >= 11 is 0. The summed E-state index contributed by atoms with van der Waals surface area (Å²) in [6.45, 7) is 2.52. The molecule has 0 unspecified atom stereocenters. The highest BCUT2D eigenvalue weighted by atomic mass is 19.1. The van der Waals surface area contributed by atoms with Gasteiger partial charge < -0.3 is 30.9 Å². The van der Waals surface area contributed by atoms with E-state index in [2.05, 4.69) is 27.2 Å². The van der Waals surface area contributed by atoms with Crippen LogP contribution in [-0.2, 0) is 15.1 Å². The summed E-state index contributed by atoms with van der Waals surface area (Å²) in [4.78, 5) is 11.7. The first kappa shape index (κ1) is 29.0. The maximum atomic E-state index is 15.2. The molecular weight excluding hydrogens is 533 g/mol. The highest BCUT2D eigenvalue weighted by Gasteiger charge is 2.36. The maximum absolute atomic E-state index is 15.2. The third kappa shape index (κ3) is 6.22. The number of nitrogens with two attached hydrogens (primary N) is 1. The molecule has 3 aromatic rings. The summed E-state index contributed by atoms with van der Waals surface area (Å²) in [6, 6.07) is 3.86. The molecule has 2 aromatic heterocycles. The second-order valence-corrected chi connectivity index (χ2v) is 10.9. The van der Waals surface area contributed by atoms with Crippen LogP contribution in [0.3, 0.4) is 0 Å². The zero-order chi connectivity index (χ0) is 29.1. The smallest absolute Gasteiger partial charge is 0.205 e. The summed E-state index contributed by atoms with van der Waals surface area (Å²) in [5.41, 5.74) is 5.97. The Labute approximate surface area is 237 Å². The van der Waals surface area contributed by atoms with Crippen LogP contribution in [0, 0.1) is 23.0 Å². The monoisotopic (exact) mass is 568 g/mol.